The molecular formula is C16H18N6O6S. The van der Waals surface area contributed by atoms with Gasteiger partial charge in [-0.15, -0.1) is 11.3 Å². The molecule has 1 aromatic rings. The van der Waals surface area contributed by atoms with Crippen molar-refractivity contribution in [2.24, 2.45) is 5.16 Å². The van der Waals surface area contributed by atoms with Gasteiger partial charge in [-0.25, -0.2) is 19.8 Å². The van der Waals surface area contributed by atoms with Crippen LogP contribution in [0.4, 0.5) is 5.13 Å². The summed E-state index contributed by atoms with van der Waals surface area (Å²) in [4.78, 5) is 57.8. The van der Waals surface area contributed by atoms with Gasteiger partial charge < -0.3 is 21.0 Å². The minimum atomic E-state index is -1.38. The Morgan fingerprint density at radius 3 is 2.76 bits per heavy atom. The Morgan fingerprint density at radius 1 is 1.48 bits per heavy atom. The Bertz CT molecular complexity index is 953. The smallest absolute Gasteiger partial charge is 0.354 e. The van der Waals surface area contributed by atoms with Crippen molar-refractivity contribution in [3.05, 3.63) is 22.3 Å². The van der Waals surface area contributed by atoms with E-state index in [4.69, 9.17) is 5.73 Å². The predicted octanol–water partition coefficient (Wildman–Crippen LogP) is -1.05. The third-order valence-electron chi connectivity index (χ3n) is 4.35. The van der Waals surface area contributed by atoms with Gasteiger partial charge in [0.15, 0.2) is 22.3 Å². The van der Waals surface area contributed by atoms with E-state index in [-0.39, 0.29) is 53.1 Å². The normalized spacial score (nSPS) is 19.5. The fourth-order valence-corrected chi connectivity index (χ4v) is 3.66. The van der Waals surface area contributed by atoms with Crippen LogP contribution in [0.2, 0.25) is 0 Å². The summed E-state index contributed by atoms with van der Waals surface area (Å²) in [5, 5.41) is 19.7. The van der Waals surface area contributed by atoms with Crippen LogP contribution < -0.4 is 11.1 Å². The lowest BCUT2D eigenvalue weighted by Gasteiger charge is -2.19. The molecule has 1 aromatic heterocycles. The number of carbonyl (C=O) groups excluding carboxylic acids is 3. The highest BCUT2D eigenvalue weighted by atomic mass is 32.1. The van der Waals surface area contributed by atoms with Gasteiger partial charge in [0, 0.05) is 30.5 Å². The molecular weight excluding hydrogens is 404 g/mol. The van der Waals surface area contributed by atoms with Crippen LogP contribution in [0.25, 0.3) is 0 Å². The number of hydrazine groups is 1. The number of carboxylic acids is 1. The molecule has 1 fully saturated rings. The number of hydrogen-bond acceptors (Lipinski definition) is 10. The molecule has 0 aromatic carbocycles. The topological polar surface area (TPSA) is 168 Å². The van der Waals surface area contributed by atoms with E-state index in [0.717, 1.165) is 16.3 Å². The monoisotopic (exact) mass is 422 g/mol. The van der Waals surface area contributed by atoms with Crippen molar-refractivity contribution >= 4 is 45.7 Å². The summed E-state index contributed by atoms with van der Waals surface area (Å²) in [6.07, 6.45) is 0.121. The maximum Gasteiger partial charge on any atom is 0.354 e. The lowest BCUT2D eigenvalue weighted by atomic mass is 10.1. The molecule has 29 heavy (non-hydrogen) atoms. The number of hydrogen-bond donors (Lipinski definition) is 3. The maximum absolute atomic E-state index is 12.8. The van der Waals surface area contributed by atoms with Gasteiger partial charge in [0.2, 0.25) is 0 Å². The van der Waals surface area contributed by atoms with Crippen molar-refractivity contribution < 1.29 is 29.1 Å². The average Bonchev–Trinajstić information content (AvgIpc) is 3.34. The Balaban J connectivity index is 1.81. The highest BCUT2D eigenvalue weighted by molar-refractivity contribution is 7.13. The first-order valence-electron chi connectivity index (χ1n) is 8.50. The van der Waals surface area contributed by atoms with Gasteiger partial charge in [-0.2, -0.15) is 0 Å². The number of nitrogens with zero attached hydrogens (tertiary/aromatic N) is 4. The number of oxime groups is 1. The largest absolute Gasteiger partial charge is 0.477 e. The summed E-state index contributed by atoms with van der Waals surface area (Å²) in [6, 6.07) is -1.03. The Labute approximate surface area is 168 Å². The van der Waals surface area contributed by atoms with E-state index in [9.17, 15) is 24.3 Å². The highest BCUT2D eigenvalue weighted by Gasteiger charge is 2.49. The molecule has 4 N–H and O–H groups in total. The molecule has 0 saturated carbocycles. The van der Waals surface area contributed by atoms with Gasteiger partial charge in [-0.05, 0) is 0 Å². The number of carboxylic acid groups (broad SMARTS) is 1. The first-order valence-corrected chi connectivity index (χ1v) is 9.38. The quantitative estimate of drug-likeness (QED) is 0.367. The van der Waals surface area contributed by atoms with Crippen molar-refractivity contribution in [1.29, 1.82) is 0 Å². The van der Waals surface area contributed by atoms with Crippen molar-refractivity contribution in [3.63, 3.8) is 0 Å². The van der Waals surface area contributed by atoms with E-state index in [1.54, 1.807) is 6.92 Å². The molecule has 0 aliphatic carbocycles. The number of nitrogens with one attached hydrogen (secondary N) is 1. The zero-order valence-corrected chi connectivity index (χ0v) is 16.4. The summed E-state index contributed by atoms with van der Waals surface area (Å²) >= 11 is 1.10. The molecule has 13 heteroatoms. The summed E-state index contributed by atoms with van der Waals surface area (Å²) in [5.74, 6) is -3.13. The zero-order valence-electron chi connectivity index (χ0n) is 15.5. The number of Topliss-reactive ketones (excluding diaryl/α,β-unsaturated/α-hetero) is 1. The zero-order chi connectivity index (χ0) is 21.3. The van der Waals surface area contributed by atoms with Gasteiger partial charge in [0.05, 0.1) is 0 Å². The molecule has 0 unspecified atom stereocenters. The van der Waals surface area contributed by atoms with Gasteiger partial charge in [-0.3, -0.25) is 14.4 Å². The van der Waals surface area contributed by atoms with E-state index in [1.807, 2.05) is 0 Å². The van der Waals surface area contributed by atoms with Crippen molar-refractivity contribution in [3.8, 4) is 0 Å². The second-order valence-electron chi connectivity index (χ2n) is 6.13. The first-order chi connectivity index (χ1) is 13.8. The summed E-state index contributed by atoms with van der Waals surface area (Å²) in [7, 11) is 1.25. The van der Waals surface area contributed by atoms with Crippen molar-refractivity contribution in [2.75, 3.05) is 25.9 Å². The second kappa shape index (κ2) is 7.97. The number of carbonyl (C=O) groups is 4. The van der Waals surface area contributed by atoms with Crippen molar-refractivity contribution in [1.82, 2.24) is 20.3 Å². The molecule has 0 bridgehead atoms. The van der Waals surface area contributed by atoms with E-state index in [2.05, 4.69) is 20.3 Å². The first kappa shape index (κ1) is 20.4. The molecule has 2 amide bonds. The second-order valence-corrected chi connectivity index (χ2v) is 7.02. The van der Waals surface area contributed by atoms with E-state index >= 15 is 0 Å². The number of ketones is 1. The fraction of sp³-hybridized carbons (Fsp3) is 0.375. The molecule has 12 nitrogen and oxygen atoms in total. The van der Waals surface area contributed by atoms with Crippen LogP contribution in [0, 0.1) is 0 Å². The Kier molecular flexibility index (Phi) is 5.61. The van der Waals surface area contributed by atoms with Crippen LogP contribution in [0.5, 0.6) is 0 Å². The SMILES string of the molecule is CCC(=O)C1=C(C(=O)O)N2C(=O)[C@H](NC(=O)C(=NOC)c3csc(N)n3)CN2C1. The third-order valence-corrected chi connectivity index (χ3v) is 5.02. The standard InChI is InChI=1S/C16H18N6O6S/c1-3-10(23)7-4-21-5-8(14(25)22(21)12(7)15(26)27)18-13(24)11(20-28-2)9-6-29-16(17)19-9/h6,8H,3-5H2,1-2H3,(H2,17,19)(H,18,24)(H,26,27)/t8-/m1/s1. The molecule has 0 radical (unpaired) electrons. The number of fused-ring (bicyclic) bond motifs is 1. The number of aliphatic carboxylic acids is 1. The van der Waals surface area contributed by atoms with Gasteiger partial charge in [-0.1, -0.05) is 12.1 Å². The number of nitrogen functional groups attached to an aromatic ring is 1. The highest BCUT2D eigenvalue weighted by Crippen LogP contribution is 2.30. The molecule has 1 saturated heterocycles. The van der Waals surface area contributed by atoms with Crippen LogP contribution in [-0.4, -0.2) is 75.6 Å². The van der Waals surface area contributed by atoms with Crippen LogP contribution in [-0.2, 0) is 24.0 Å². The maximum atomic E-state index is 12.8. The summed E-state index contributed by atoms with van der Waals surface area (Å²) < 4.78 is 0. The molecule has 154 valence electrons. The molecule has 0 spiro atoms. The van der Waals surface area contributed by atoms with Crippen molar-refractivity contribution in [2.45, 2.75) is 19.4 Å². The van der Waals surface area contributed by atoms with Gasteiger partial charge >= 0.3 is 5.97 Å². The fourth-order valence-electron chi connectivity index (χ4n) is 3.11. The lowest BCUT2D eigenvalue weighted by Crippen LogP contribution is -2.46. The van der Waals surface area contributed by atoms with Crippen LogP contribution in [0.15, 0.2) is 21.8 Å². The van der Waals surface area contributed by atoms with Gasteiger partial charge in [0.25, 0.3) is 11.8 Å². The average molecular weight is 422 g/mol. The summed E-state index contributed by atoms with van der Waals surface area (Å²) in [5.41, 5.74) is 5.27. The molecule has 2 aliphatic rings. The Hall–Kier alpha value is -3.32. The number of thiazole rings is 1. The van der Waals surface area contributed by atoms with E-state index in [1.165, 1.54) is 17.5 Å². The molecule has 3 heterocycles. The van der Waals surface area contributed by atoms with Gasteiger partial charge in [0.1, 0.15) is 18.8 Å². The number of anilines is 1. The minimum Gasteiger partial charge on any atom is -0.477 e. The number of rotatable bonds is 7. The van der Waals surface area contributed by atoms with E-state index < -0.39 is 23.8 Å². The summed E-state index contributed by atoms with van der Waals surface area (Å²) in [6.45, 7) is 1.59. The van der Waals surface area contributed by atoms with Crippen LogP contribution in [0.3, 0.4) is 0 Å². The molecule has 3 rings (SSSR count). The molecule has 1 atom stereocenters. The third kappa shape index (κ3) is 3.69. The Morgan fingerprint density at radius 2 is 2.21 bits per heavy atom. The van der Waals surface area contributed by atoms with E-state index in [0.29, 0.717) is 0 Å². The number of nitrogens with two attached hydrogens (primary N) is 1. The predicted molar refractivity (Wildman–Crippen MR) is 100 cm³/mol. The lowest BCUT2D eigenvalue weighted by molar-refractivity contribution is -0.143. The van der Waals surface area contributed by atoms with Crippen LogP contribution in [0.1, 0.15) is 19.0 Å². The molecule has 2 aliphatic heterocycles. The van der Waals surface area contributed by atoms with Crippen LogP contribution >= 0.6 is 11.3 Å². The number of aromatic nitrogens is 1. The minimum absolute atomic E-state index is 0.00130. The number of amides is 2.